The van der Waals surface area contributed by atoms with Crippen LogP contribution in [0.1, 0.15) is 51.4 Å². The third kappa shape index (κ3) is 3.95. The van der Waals surface area contributed by atoms with Gasteiger partial charge in [0.25, 0.3) is 0 Å². The number of likely N-dealkylation sites (tertiary alicyclic amines) is 1. The van der Waals surface area contributed by atoms with Crippen LogP contribution < -0.4 is 5.73 Å². The van der Waals surface area contributed by atoms with Gasteiger partial charge in [-0.15, -0.1) is 0 Å². The van der Waals surface area contributed by atoms with Crippen molar-refractivity contribution < 1.29 is 14.7 Å². The molecule has 0 aromatic rings. The topological polar surface area (TPSA) is 83.6 Å². The smallest absolute Gasteiger partial charge is 0.303 e. The fourth-order valence-electron chi connectivity index (χ4n) is 3.47. The molecular formula is C15H26N2O3. The monoisotopic (exact) mass is 282 g/mol. The van der Waals surface area contributed by atoms with E-state index in [9.17, 15) is 9.59 Å². The Morgan fingerprint density at radius 2 is 1.90 bits per heavy atom. The summed E-state index contributed by atoms with van der Waals surface area (Å²) in [6.07, 6.45) is 7.08. The van der Waals surface area contributed by atoms with Gasteiger partial charge in [-0.05, 0) is 31.6 Å². The summed E-state index contributed by atoms with van der Waals surface area (Å²) < 4.78 is 0. The van der Waals surface area contributed by atoms with Crippen LogP contribution in [0.5, 0.6) is 0 Å². The molecule has 114 valence electrons. The maximum atomic E-state index is 12.6. The van der Waals surface area contributed by atoms with Crippen LogP contribution in [0.25, 0.3) is 0 Å². The number of aliphatic carboxylic acids is 1. The van der Waals surface area contributed by atoms with E-state index in [2.05, 4.69) is 0 Å². The Kier molecular flexibility index (Phi) is 5.40. The second-order valence-corrected chi connectivity index (χ2v) is 6.28. The van der Waals surface area contributed by atoms with Crippen molar-refractivity contribution in [1.29, 1.82) is 0 Å². The number of amides is 1. The molecule has 1 aliphatic heterocycles. The number of carbonyl (C=O) groups excluding carboxylic acids is 1. The van der Waals surface area contributed by atoms with Gasteiger partial charge in [0.05, 0.1) is 5.92 Å². The lowest BCUT2D eigenvalue weighted by atomic mass is 9.94. The van der Waals surface area contributed by atoms with E-state index in [4.69, 9.17) is 10.8 Å². The predicted octanol–water partition coefficient (Wildman–Crippen LogP) is 1.61. The predicted molar refractivity (Wildman–Crippen MR) is 76.1 cm³/mol. The van der Waals surface area contributed by atoms with Gasteiger partial charge in [0.2, 0.25) is 5.91 Å². The highest BCUT2D eigenvalue weighted by Crippen LogP contribution is 2.28. The Morgan fingerprint density at radius 1 is 1.15 bits per heavy atom. The maximum Gasteiger partial charge on any atom is 0.303 e. The maximum absolute atomic E-state index is 12.6. The number of hydrogen-bond donors (Lipinski definition) is 2. The van der Waals surface area contributed by atoms with E-state index in [1.54, 1.807) is 0 Å². The molecule has 2 rings (SSSR count). The molecule has 3 unspecified atom stereocenters. The molecule has 1 aliphatic carbocycles. The van der Waals surface area contributed by atoms with E-state index in [0.29, 0.717) is 12.3 Å². The molecule has 3 atom stereocenters. The number of carboxylic acid groups (broad SMARTS) is 1. The van der Waals surface area contributed by atoms with Crippen molar-refractivity contribution in [3.05, 3.63) is 0 Å². The van der Waals surface area contributed by atoms with Gasteiger partial charge in [0, 0.05) is 25.6 Å². The van der Waals surface area contributed by atoms with Gasteiger partial charge >= 0.3 is 5.97 Å². The molecule has 0 radical (unpaired) electrons. The van der Waals surface area contributed by atoms with Gasteiger partial charge in [-0.1, -0.05) is 19.3 Å². The van der Waals surface area contributed by atoms with Crippen molar-refractivity contribution in [3.8, 4) is 0 Å². The minimum atomic E-state index is -0.749. The Bertz CT molecular complexity index is 359. The molecule has 1 amide bonds. The molecule has 0 aromatic heterocycles. The Morgan fingerprint density at radius 3 is 2.65 bits per heavy atom. The first-order valence-corrected chi connectivity index (χ1v) is 7.84. The van der Waals surface area contributed by atoms with E-state index in [1.807, 2.05) is 4.90 Å². The molecule has 2 fully saturated rings. The molecule has 1 saturated heterocycles. The third-order valence-corrected chi connectivity index (χ3v) is 4.75. The molecule has 2 aliphatic rings. The van der Waals surface area contributed by atoms with E-state index in [1.165, 1.54) is 6.42 Å². The van der Waals surface area contributed by atoms with Crippen molar-refractivity contribution in [2.45, 2.75) is 57.4 Å². The van der Waals surface area contributed by atoms with Crippen molar-refractivity contribution in [1.82, 2.24) is 4.90 Å². The van der Waals surface area contributed by atoms with E-state index in [-0.39, 0.29) is 24.3 Å². The lowest BCUT2D eigenvalue weighted by molar-refractivity contribution is -0.137. The molecule has 1 heterocycles. The Labute approximate surface area is 120 Å². The number of carbonyl (C=O) groups is 2. The van der Waals surface area contributed by atoms with Crippen LogP contribution in [0.3, 0.4) is 0 Å². The normalized spacial score (nSPS) is 31.1. The summed E-state index contributed by atoms with van der Waals surface area (Å²) in [7, 11) is 0. The van der Waals surface area contributed by atoms with Crippen LogP contribution in [0, 0.1) is 11.8 Å². The minimum Gasteiger partial charge on any atom is -0.481 e. The van der Waals surface area contributed by atoms with Crippen molar-refractivity contribution >= 4 is 11.9 Å². The highest BCUT2D eigenvalue weighted by Gasteiger charge is 2.34. The molecule has 0 aromatic carbocycles. The highest BCUT2D eigenvalue weighted by molar-refractivity contribution is 5.80. The van der Waals surface area contributed by atoms with Crippen molar-refractivity contribution in [2.75, 3.05) is 13.1 Å². The fraction of sp³-hybridized carbons (Fsp3) is 0.867. The van der Waals surface area contributed by atoms with Crippen LogP contribution in [0.4, 0.5) is 0 Å². The van der Waals surface area contributed by atoms with Gasteiger partial charge in [0.1, 0.15) is 0 Å². The van der Waals surface area contributed by atoms with E-state index >= 15 is 0 Å². The summed E-state index contributed by atoms with van der Waals surface area (Å²) in [5.74, 6) is -0.217. The molecule has 3 N–H and O–H groups in total. The molecule has 5 nitrogen and oxygen atoms in total. The second-order valence-electron chi connectivity index (χ2n) is 6.28. The van der Waals surface area contributed by atoms with Gasteiger partial charge in [0.15, 0.2) is 0 Å². The molecular weight excluding hydrogens is 256 g/mol. The Hall–Kier alpha value is -1.10. The summed E-state index contributed by atoms with van der Waals surface area (Å²) in [5, 5.41) is 8.72. The number of rotatable bonds is 4. The first kappa shape index (κ1) is 15.3. The van der Waals surface area contributed by atoms with Crippen LogP contribution in [0.15, 0.2) is 0 Å². The number of hydrogen-bond acceptors (Lipinski definition) is 3. The first-order valence-electron chi connectivity index (χ1n) is 7.84. The van der Waals surface area contributed by atoms with Crippen LogP contribution in [-0.2, 0) is 9.59 Å². The lowest BCUT2D eigenvalue weighted by Crippen LogP contribution is -2.43. The van der Waals surface area contributed by atoms with Gasteiger partial charge < -0.3 is 15.7 Å². The highest BCUT2D eigenvalue weighted by atomic mass is 16.4. The van der Waals surface area contributed by atoms with Gasteiger partial charge in [-0.2, -0.15) is 0 Å². The Balaban J connectivity index is 1.85. The zero-order valence-corrected chi connectivity index (χ0v) is 12.1. The molecule has 0 bridgehead atoms. The zero-order valence-electron chi connectivity index (χ0n) is 12.1. The lowest BCUT2D eigenvalue weighted by Gasteiger charge is -2.26. The van der Waals surface area contributed by atoms with E-state index in [0.717, 1.165) is 45.2 Å². The molecule has 5 heteroatoms. The van der Waals surface area contributed by atoms with Gasteiger partial charge in [-0.25, -0.2) is 0 Å². The van der Waals surface area contributed by atoms with E-state index < -0.39 is 5.97 Å². The molecule has 0 spiro atoms. The number of nitrogens with zero attached hydrogens (tertiary/aromatic N) is 1. The SMILES string of the molecule is NC1CCCCCC1C(=O)N1CCC(CCC(=O)O)C1. The standard InChI is InChI=1S/C15H26N2O3/c16-13-5-3-1-2-4-12(13)15(20)17-9-8-11(10-17)6-7-14(18)19/h11-13H,1-10,16H2,(H,18,19). The number of carboxylic acids is 1. The van der Waals surface area contributed by atoms with Crippen molar-refractivity contribution in [2.24, 2.45) is 17.6 Å². The zero-order chi connectivity index (χ0) is 14.5. The summed E-state index contributed by atoms with van der Waals surface area (Å²) in [4.78, 5) is 25.1. The fourth-order valence-corrected chi connectivity index (χ4v) is 3.47. The summed E-state index contributed by atoms with van der Waals surface area (Å²) in [6, 6.07) is 0.00284. The van der Waals surface area contributed by atoms with Gasteiger partial charge in [-0.3, -0.25) is 9.59 Å². The number of nitrogens with two attached hydrogens (primary N) is 1. The minimum absolute atomic E-state index is 0.00284. The average molecular weight is 282 g/mol. The van der Waals surface area contributed by atoms with Crippen LogP contribution >= 0.6 is 0 Å². The quantitative estimate of drug-likeness (QED) is 0.767. The summed E-state index contributed by atoms with van der Waals surface area (Å²) in [6.45, 7) is 1.49. The van der Waals surface area contributed by atoms with Crippen LogP contribution in [-0.4, -0.2) is 41.0 Å². The summed E-state index contributed by atoms with van der Waals surface area (Å²) in [5.41, 5.74) is 6.16. The van der Waals surface area contributed by atoms with Crippen LogP contribution in [0.2, 0.25) is 0 Å². The first-order chi connectivity index (χ1) is 9.58. The summed E-state index contributed by atoms with van der Waals surface area (Å²) >= 11 is 0. The third-order valence-electron chi connectivity index (χ3n) is 4.75. The second kappa shape index (κ2) is 7.07. The molecule has 1 saturated carbocycles. The largest absolute Gasteiger partial charge is 0.481 e. The average Bonchev–Trinajstić information content (AvgIpc) is 2.78. The molecule has 20 heavy (non-hydrogen) atoms. The van der Waals surface area contributed by atoms with Crippen molar-refractivity contribution in [3.63, 3.8) is 0 Å².